The summed E-state index contributed by atoms with van der Waals surface area (Å²) in [5, 5.41) is 13.0. The number of pyridine rings is 1. The van der Waals surface area contributed by atoms with E-state index in [1.165, 1.54) is 4.90 Å². The fourth-order valence-corrected chi connectivity index (χ4v) is 3.78. The standard InChI is InChI=1S/C15H18ClN3O4/c1-7-10(12(20)18-8(2)11(7)16)13(21)19-4-9-3-17-5-15(9,6-19)14(22)23/h9,17H,3-6H2,1-2H3,(H,18,20)(H,22,23)/t9-,15-/m0/s1. The average molecular weight is 340 g/mol. The lowest BCUT2D eigenvalue weighted by Crippen LogP contribution is -2.42. The third-order valence-electron chi connectivity index (χ3n) is 5.02. The van der Waals surface area contributed by atoms with Crippen molar-refractivity contribution in [1.82, 2.24) is 15.2 Å². The highest BCUT2D eigenvalue weighted by molar-refractivity contribution is 6.32. The zero-order valence-corrected chi connectivity index (χ0v) is 13.7. The van der Waals surface area contributed by atoms with Gasteiger partial charge in [-0.2, -0.15) is 0 Å². The lowest BCUT2D eigenvalue weighted by Gasteiger charge is -2.23. The Morgan fingerprint density at radius 1 is 1.39 bits per heavy atom. The van der Waals surface area contributed by atoms with Crippen LogP contribution in [0.3, 0.4) is 0 Å². The number of nitrogens with zero attached hydrogens (tertiary/aromatic N) is 1. The summed E-state index contributed by atoms with van der Waals surface area (Å²) < 4.78 is 0. The van der Waals surface area contributed by atoms with Crippen LogP contribution >= 0.6 is 11.6 Å². The van der Waals surface area contributed by atoms with Gasteiger partial charge in [0.05, 0.1) is 5.02 Å². The van der Waals surface area contributed by atoms with Gasteiger partial charge in [0.25, 0.3) is 11.5 Å². The van der Waals surface area contributed by atoms with E-state index < -0.39 is 22.9 Å². The number of halogens is 1. The van der Waals surface area contributed by atoms with E-state index in [-0.39, 0.29) is 18.0 Å². The van der Waals surface area contributed by atoms with Gasteiger partial charge < -0.3 is 20.3 Å². The second-order valence-electron chi connectivity index (χ2n) is 6.37. The molecular formula is C15H18ClN3O4. The molecule has 1 aromatic heterocycles. The Morgan fingerprint density at radius 3 is 2.70 bits per heavy atom. The molecule has 1 aromatic rings. The topological polar surface area (TPSA) is 103 Å². The number of rotatable bonds is 2. The molecule has 3 N–H and O–H groups in total. The molecule has 0 spiro atoms. The maximum absolute atomic E-state index is 12.8. The Hall–Kier alpha value is -1.86. The molecule has 0 saturated carbocycles. The van der Waals surface area contributed by atoms with Crippen LogP contribution in [-0.2, 0) is 4.79 Å². The number of carbonyl (C=O) groups excluding carboxylic acids is 1. The number of aliphatic carboxylic acids is 1. The minimum absolute atomic E-state index is 0.00549. The zero-order chi connectivity index (χ0) is 16.9. The highest BCUT2D eigenvalue weighted by Crippen LogP contribution is 2.39. The van der Waals surface area contributed by atoms with Crippen molar-refractivity contribution in [1.29, 1.82) is 0 Å². The van der Waals surface area contributed by atoms with Gasteiger partial charge in [0.1, 0.15) is 11.0 Å². The SMILES string of the molecule is Cc1[nH]c(=O)c(C(=O)N2C[C@@H]3CNC[C@]3(C(=O)O)C2)c(C)c1Cl. The third-order valence-corrected chi connectivity index (χ3v) is 5.58. The number of likely N-dealkylation sites (tertiary alicyclic amines) is 1. The minimum Gasteiger partial charge on any atom is -0.481 e. The van der Waals surface area contributed by atoms with Crippen LogP contribution in [0.15, 0.2) is 4.79 Å². The van der Waals surface area contributed by atoms with Crippen molar-refractivity contribution in [2.45, 2.75) is 13.8 Å². The van der Waals surface area contributed by atoms with Crippen molar-refractivity contribution in [2.24, 2.45) is 11.3 Å². The molecule has 8 heteroatoms. The number of carboxylic acid groups (broad SMARTS) is 1. The number of aromatic amines is 1. The molecule has 3 heterocycles. The molecule has 2 aliphatic rings. The quantitative estimate of drug-likeness (QED) is 0.723. The molecule has 7 nitrogen and oxygen atoms in total. The number of hydrogen-bond donors (Lipinski definition) is 3. The smallest absolute Gasteiger partial charge is 0.313 e. The first-order valence-corrected chi connectivity index (χ1v) is 7.78. The van der Waals surface area contributed by atoms with E-state index in [0.29, 0.717) is 35.9 Å². The molecule has 0 bridgehead atoms. The second-order valence-corrected chi connectivity index (χ2v) is 6.75. The van der Waals surface area contributed by atoms with Crippen molar-refractivity contribution < 1.29 is 14.7 Å². The average Bonchev–Trinajstić information content (AvgIpc) is 3.02. The van der Waals surface area contributed by atoms with Crippen LogP contribution in [0.25, 0.3) is 0 Å². The first kappa shape index (κ1) is 16.0. The van der Waals surface area contributed by atoms with Crippen molar-refractivity contribution in [3.05, 3.63) is 32.2 Å². The Labute approximate surface area is 137 Å². The number of carboxylic acids is 1. The van der Waals surface area contributed by atoms with Crippen LogP contribution in [0, 0.1) is 25.2 Å². The Morgan fingerprint density at radius 2 is 2.09 bits per heavy atom. The molecule has 3 rings (SSSR count). The van der Waals surface area contributed by atoms with Gasteiger partial charge in [-0.15, -0.1) is 0 Å². The molecule has 2 aliphatic heterocycles. The van der Waals surface area contributed by atoms with Gasteiger partial charge in [-0.05, 0) is 19.4 Å². The largest absolute Gasteiger partial charge is 0.481 e. The summed E-state index contributed by atoms with van der Waals surface area (Å²) in [5.41, 5.74) is -0.527. The number of H-pyrrole nitrogens is 1. The molecule has 0 radical (unpaired) electrons. The molecule has 2 saturated heterocycles. The summed E-state index contributed by atoms with van der Waals surface area (Å²) in [5.74, 6) is -1.51. The maximum atomic E-state index is 12.8. The molecular weight excluding hydrogens is 322 g/mol. The van der Waals surface area contributed by atoms with Gasteiger partial charge in [-0.25, -0.2) is 0 Å². The lowest BCUT2D eigenvalue weighted by molar-refractivity contribution is -0.148. The van der Waals surface area contributed by atoms with E-state index in [0.717, 1.165) is 0 Å². The minimum atomic E-state index is -0.967. The van der Waals surface area contributed by atoms with E-state index in [1.807, 2.05) is 0 Å². The van der Waals surface area contributed by atoms with Gasteiger partial charge in [-0.1, -0.05) is 11.6 Å². The summed E-state index contributed by atoms with van der Waals surface area (Å²) >= 11 is 6.13. The third kappa shape index (κ3) is 2.26. The molecule has 0 unspecified atom stereocenters. The summed E-state index contributed by atoms with van der Waals surface area (Å²) in [7, 11) is 0. The van der Waals surface area contributed by atoms with Crippen molar-refractivity contribution in [3.8, 4) is 0 Å². The van der Waals surface area contributed by atoms with Crippen molar-refractivity contribution in [3.63, 3.8) is 0 Å². The first-order valence-electron chi connectivity index (χ1n) is 7.40. The normalized spacial score (nSPS) is 26.4. The highest BCUT2D eigenvalue weighted by atomic mass is 35.5. The van der Waals surface area contributed by atoms with Gasteiger partial charge in [0.15, 0.2) is 0 Å². The summed E-state index contributed by atoms with van der Waals surface area (Å²) in [6.07, 6.45) is 0. The van der Waals surface area contributed by atoms with E-state index in [9.17, 15) is 19.5 Å². The first-order chi connectivity index (χ1) is 10.8. The number of aromatic nitrogens is 1. The van der Waals surface area contributed by atoms with Crippen LogP contribution in [0.4, 0.5) is 0 Å². The van der Waals surface area contributed by atoms with Crippen LogP contribution in [-0.4, -0.2) is 53.0 Å². The number of aryl methyl sites for hydroxylation is 1. The monoisotopic (exact) mass is 339 g/mol. The van der Waals surface area contributed by atoms with Crippen molar-refractivity contribution in [2.75, 3.05) is 26.2 Å². The molecule has 2 atom stereocenters. The van der Waals surface area contributed by atoms with Gasteiger partial charge >= 0.3 is 5.97 Å². The van der Waals surface area contributed by atoms with Gasteiger partial charge in [0.2, 0.25) is 0 Å². The van der Waals surface area contributed by atoms with Crippen LogP contribution in [0.1, 0.15) is 21.6 Å². The Balaban J connectivity index is 1.96. The van der Waals surface area contributed by atoms with E-state index in [4.69, 9.17) is 11.6 Å². The number of hydrogen-bond acceptors (Lipinski definition) is 4. The molecule has 0 aliphatic carbocycles. The van der Waals surface area contributed by atoms with Gasteiger partial charge in [0, 0.05) is 37.8 Å². The number of carbonyl (C=O) groups is 2. The summed E-state index contributed by atoms with van der Waals surface area (Å²) in [6, 6.07) is 0. The molecule has 23 heavy (non-hydrogen) atoms. The van der Waals surface area contributed by atoms with E-state index in [2.05, 4.69) is 10.3 Å². The Kier molecular flexibility index (Phi) is 3.72. The highest BCUT2D eigenvalue weighted by Gasteiger charge is 2.56. The predicted molar refractivity (Wildman–Crippen MR) is 83.9 cm³/mol. The van der Waals surface area contributed by atoms with Crippen LogP contribution in [0.5, 0.6) is 0 Å². The fraction of sp³-hybridized carbons (Fsp3) is 0.533. The van der Waals surface area contributed by atoms with Crippen LogP contribution in [0.2, 0.25) is 5.02 Å². The number of fused-ring (bicyclic) bond motifs is 1. The maximum Gasteiger partial charge on any atom is 0.313 e. The van der Waals surface area contributed by atoms with E-state index >= 15 is 0 Å². The summed E-state index contributed by atoms with van der Waals surface area (Å²) in [4.78, 5) is 40.7. The fourth-order valence-electron chi connectivity index (χ4n) is 3.64. The van der Waals surface area contributed by atoms with Gasteiger partial charge in [-0.3, -0.25) is 14.4 Å². The lowest BCUT2D eigenvalue weighted by atomic mass is 9.81. The van der Waals surface area contributed by atoms with E-state index in [1.54, 1.807) is 13.8 Å². The molecule has 0 aromatic carbocycles. The van der Waals surface area contributed by atoms with Crippen LogP contribution < -0.4 is 10.9 Å². The molecule has 1 amide bonds. The Bertz CT molecular complexity index is 760. The second kappa shape index (κ2) is 5.35. The molecule has 2 fully saturated rings. The van der Waals surface area contributed by atoms with Crippen molar-refractivity contribution >= 4 is 23.5 Å². The summed E-state index contributed by atoms with van der Waals surface area (Å²) in [6.45, 7) is 4.60. The predicted octanol–water partition coefficient (Wildman–Crippen LogP) is 0.391. The number of nitrogens with one attached hydrogen (secondary N) is 2. The molecule has 124 valence electrons. The number of amides is 1. The zero-order valence-electron chi connectivity index (χ0n) is 12.9.